The number of sulfonamides is 1. The van der Waals surface area contributed by atoms with Crippen LogP contribution in [-0.2, 0) is 24.3 Å². The van der Waals surface area contributed by atoms with Gasteiger partial charge in [-0.1, -0.05) is 13.8 Å². The molecule has 0 saturated carbocycles. The molecule has 0 aliphatic carbocycles. The molecule has 2 rings (SSSR count). The Kier molecular flexibility index (Phi) is 7.17. The Morgan fingerprint density at radius 3 is 2.44 bits per heavy atom. The van der Waals surface area contributed by atoms with Gasteiger partial charge in [-0.05, 0) is 30.2 Å². The van der Waals surface area contributed by atoms with Gasteiger partial charge in [0.2, 0.25) is 10.0 Å². The SMILES string of the molecule is COc1ccc(S(=O)(=O)N2CCO[C@@H]2CNC(=O)C(=O)NCC(C)C)cc1. The lowest BCUT2D eigenvalue weighted by Gasteiger charge is -2.23. The predicted molar refractivity (Wildman–Crippen MR) is 97.5 cm³/mol. The van der Waals surface area contributed by atoms with Crippen LogP contribution >= 0.6 is 0 Å². The van der Waals surface area contributed by atoms with Gasteiger partial charge in [-0.15, -0.1) is 0 Å². The number of carbonyl (C=O) groups is 2. The summed E-state index contributed by atoms with van der Waals surface area (Å²) in [6.07, 6.45) is -0.876. The minimum absolute atomic E-state index is 0.0970. The maximum atomic E-state index is 12.8. The summed E-state index contributed by atoms with van der Waals surface area (Å²) < 4.78 is 37.2. The largest absolute Gasteiger partial charge is 0.497 e. The van der Waals surface area contributed by atoms with Crippen LogP contribution in [0.4, 0.5) is 0 Å². The minimum atomic E-state index is -3.80. The summed E-state index contributed by atoms with van der Waals surface area (Å²) in [6, 6.07) is 6.00. The van der Waals surface area contributed by atoms with E-state index in [1.807, 2.05) is 13.8 Å². The van der Waals surface area contributed by atoms with Crippen molar-refractivity contribution in [1.82, 2.24) is 14.9 Å². The summed E-state index contributed by atoms with van der Waals surface area (Å²) in [4.78, 5) is 23.7. The monoisotopic (exact) mass is 399 g/mol. The van der Waals surface area contributed by atoms with E-state index >= 15 is 0 Å². The number of hydrogen-bond donors (Lipinski definition) is 2. The quantitative estimate of drug-likeness (QED) is 0.621. The number of methoxy groups -OCH3 is 1. The van der Waals surface area contributed by atoms with Gasteiger partial charge in [0.25, 0.3) is 0 Å². The number of hydrogen-bond acceptors (Lipinski definition) is 6. The van der Waals surface area contributed by atoms with Crippen LogP contribution in [0.5, 0.6) is 5.75 Å². The Morgan fingerprint density at radius 1 is 1.22 bits per heavy atom. The van der Waals surface area contributed by atoms with Gasteiger partial charge in [-0.2, -0.15) is 4.31 Å². The molecular formula is C17H25N3O6S. The van der Waals surface area contributed by atoms with Gasteiger partial charge in [-0.25, -0.2) is 8.42 Å². The average Bonchev–Trinajstić information content (AvgIpc) is 3.13. The fourth-order valence-electron chi connectivity index (χ4n) is 2.46. The third-order valence-electron chi connectivity index (χ3n) is 3.92. The standard InChI is InChI=1S/C17H25N3O6S/c1-12(2)10-18-16(21)17(22)19-11-15-20(8-9-26-15)27(23,24)14-6-4-13(25-3)5-7-14/h4-7,12,15H,8-11H2,1-3H3,(H,18,21)(H,19,22)/t15-/m1/s1. The number of benzene rings is 1. The van der Waals surface area contributed by atoms with Crippen molar-refractivity contribution in [3.63, 3.8) is 0 Å². The molecule has 1 aliphatic heterocycles. The van der Waals surface area contributed by atoms with E-state index in [1.165, 1.54) is 23.5 Å². The van der Waals surface area contributed by atoms with Crippen LogP contribution in [-0.4, -0.2) is 64.1 Å². The summed E-state index contributed by atoms with van der Waals surface area (Å²) in [5.41, 5.74) is 0. The summed E-state index contributed by atoms with van der Waals surface area (Å²) in [7, 11) is -2.31. The van der Waals surface area contributed by atoms with E-state index < -0.39 is 28.1 Å². The molecule has 0 spiro atoms. The first-order valence-corrected chi connectivity index (χ1v) is 10.0. The fourth-order valence-corrected chi connectivity index (χ4v) is 3.97. The number of amides is 2. The van der Waals surface area contributed by atoms with E-state index in [4.69, 9.17) is 9.47 Å². The van der Waals surface area contributed by atoms with Crippen molar-refractivity contribution >= 4 is 21.8 Å². The molecule has 10 heteroatoms. The molecule has 1 heterocycles. The number of nitrogens with zero attached hydrogens (tertiary/aromatic N) is 1. The van der Waals surface area contributed by atoms with Crippen molar-refractivity contribution < 1.29 is 27.5 Å². The highest BCUT2D eigenvalue weighted by molar-refractivity contribution is 7.89. The van der Waals surface area contributed by atoms with Gasteiger partial charge in [0.05, 0.1) is 25.2 Å². The van der Waals surface area contributed by atoms with Gasteiger partial charge < -0.3 is 20.1 Å². The fraction of sp³-hybridized carbons (Fsp3) is 0.529. The maximum Gasteiger partial charge on any atom is 0.309 e. The first-order valence-electron chi connectivity index (χ1n) is 8.59. The second-order valence-electron chi connectivity index (χ2n) is 6.43. The van der Waals surface area contributed by atoms with Crippen molar-refractivity contribution in [3.8, 4) is 5.75 Å². The average molecular weight is 399 g/mol. The summed E-state index contributed by atoms with van der Waals surface area (Å²) in [6.45, 7) is 4.44. The Hall–Kier alpha value is -2.17. The minimum Gasteiger partial charge on any atom is -0.497 e. The van der Waals surface area contributed by atoms with Crippen LogP contribution in [0.1, 0.15) is 13.8 Å². The highest BCUT2D eigenvalue weighted by atomic mass is 32.2. The van der Waals surface area contributed by atoms with E-state index in [1.54, 1.807) is 12.1 Å². The molecule has 1 aliphatic rings. The van der Waals surface area contributed by atoms with Gasteiger partial charge >= 0.3 is 11.8 Å². The zero-order valence-electron chi connectivity index (χ0n) is 15.6. The molecule has 1 atom stereocenters. The van der Waals surface area contributed by atoms with Crippen LogP contribution in [0.25, 0.3) is 0 Å². The van der Waals surface area contributed by atoms with Gasteiger partial charge in [0.1, 0.15) is 12.0 Å². The van der Waals surface area contributed by atoms with Gasteiger partial charge in [0, 0.05) is 13.1 Å². The second-order valence-corrected chi connectivity index (χ2v) is 8.32. The molecule has 0 radical (unpaired) electrons. The molecule has 2 amide bonds. The summed E-state index contributed by atoms with van der Waals surface area (Å²) >= 11 is 0. The van der Waals surface area contributed by atoms with Crippen LogP contribution in [0.15, 0.2) is 29.2 Å². The smallest absolute Gasteiger partial charge is 0.309 e. The zero-order chi connectivity index (χ0) is 20.0. The molecule has 1 saturated heterocycles. The van der Waals surface area contributed by atoms with Crippen LogP contribution < -0.4 is 15.4 Å². The topological polar surface area (TPSA) is 114 Å². The lowest BCUT2D eigenvalue weighted by molar-refractivity contribution is -0.139. The normalized spacial score (nSPS) is 17.7. The first kappa shape index (κ1) is 21.1. The Balaban J connectivity index is 1.99. The van der Waals surface area contributed by atoms with Crippen LogP contribution in [0.3, 0.4) is 0 Å². The third kappa shape index (κ3) is 5.41. The van der Waals surface area contributed by atoms with E-state index in [9.17, 15) is 18.0 Å². The Bertz CT molecular complexity index is 763. The number of rotatable bonds is 7. The summed E-state index contributed by atoms with van der Waals surface area (Å²) in [5.74, 6) is -0.827. The van der Waals surface area contributed by atoms with E-state index in [2.05, 4.69) is 10.6 Å². The molecule has 1 fully saturated rings. The van der Waals surface area contributed by atoms with Crippen molar-refractivity contribution in [3.05, 3.63) is 24.3 Å². The molecule has 9 nitrogen and oxygen atoms in total. The van der Waals surface area contributed by atoms with Crippen LogP contribution in [0.2, 0.25) is 0 Å². The number of nitrogens with one attached hydrogen (secondary N) is 2. The lowest BCUT2D eigenvalue weighted by Crippen LogP contribution is -2.47. The molecular weight excluding hydrogens is 374 g/mol. The molecule has 27 heavy (non-hydrogen) atoms. The van der Waals surface area contributed by atoms with Crippen LogP contribution in [0, 0.1) is 5.92 Å². The molecule has 1 aromatic carbocycles. The first-order chi connectivity index (χ1) is 12.8. The molecule has 0 unspecified atom stereocenters. The summed E-state index contributed by atoms with van der Waals surface area (Å²) in [5, 5.41) is 4.92. The maximum absolute atomic E-state index is 12.8. The Labute approximate surface area is 159 Å². The molecule has 150 valence electrons. The molecule has 0 bridgehead atoms. The van der Waals surface area contributed by atoms with Crippen molar-refractivity contribution in [2.45, 2.75) is 25.0 Å². The van der Waals surface area contributed by atoms with Gasteiger partial charge in [0.15, 0.2) is 0 Å². The van der Waals surface area contributed by atoms with Crippen molar-refractivity contribution in [2.75, 3.05) is 33.4 Å². The van der Waals surface area contributed by atoms with Gasteiger partial charge in [-0.3, -0.25) is 9.59 Å². The second kappa shape index (κ2) is 9.16. The third-order valence-corrected chi connectivity index (χ3v) is 5.83. The molecule has 1 aromatic rings. The molecule has 2 N–H and O–H groups in total. The molecule has 0 aromatic heterocycles. The number of carbonyl (C=O) groups excluding carboxylic acids is 2. The lowest BCUT2D eigenvalue weighted by atomic mass is 10.2. The van der Waals surface area contributed by atoms with E-state index in [0.717, 1.165) is 0 Å². The highest BCUT2D eigenvalue weighted by Gasteiger charge is 2.36. The van der Waals surface area contributed by atoms with E-state index in [-0.39, 0.29) is 30.5 Å². The van der Waals surface area contributed by atoms with E-state index in [0.29, 0.717) is 12.3 Å². The zero-order valence-corrected chi connectivity index (χ0v) is 16.4. The van der Waals surface area contributed by atoms with Crippen molar-refractivity contribution in [1.29, 1.82) is 0 Å². The highest BCUT2D eigenvalue weighted by Crippen LogP contribution is 2.23. The predicted octanol–water partition coefficient (Wildman–Crippen LogP) is -0.0694. The Morgan fingerprint density at radius 2 is 1.85 bits per heavy atom. The number of ether oxygens (including phenoxy) is 2. The van der Waals surface area contributed by atoms with Crippen molar-refractivity contribution in [2.24, 2.45) is 5.92 Å².